The van der Waals surface area contributed by atoms with Crippen LogP contribution in [0.15, 0.2) is 36.5 Å². The van der Waals surface area contributed by atoms with E-state index in [0.29, 0.717) is 12.1 Å². The first-order valence-corrected chi connectivity index (χ1v) is 5.70. The lowest BCUT2D eigenvalue weighted by Gasteiger charge is -2.13. The molecule has 94 valence electrons. The molecule has 5 heteroatoms. The van der Waals surface area contributed by atoms with E-state index in [0.717, 1.165) is 11.4 Å². The first-order valence-electron chi connectivity index (χ1n) is 5.70. The van der Waals surface area contributed by atoms with Crippen molar-refractivity contribution in [1.29, 1.82) is 0 Å². The SMILES string of the molecule is CN(C)c1cccc(C(=O)NCc2ccn[nH]2)c1. The van der Waals surface area contributed by atoms with Crippen LogP contribution >= 0.6 is 0 Å². The fraction of sp³-hybridized carbons (Fsp3) is 0.231. The van der Waals surface area contributed by atoms with Crippen molar-refractivity contribution >= 4 is 11.6 Å². The van der Waals surface area contributed by atoms with Crippen molar-refractivity contribution in [3.05, 3.63) is 47.8 Å². The number of H-pyrrole nitrogens is 1. The number of carbonyl (C=O) groups excluding carboxylic acids is 1. The molecule has 2 N–H and O–H groups in total. The van der Waals surface area contributed by atoms with Crippen LogP contribution in [0.25, 0.3) is 0 Å². The molecule has 0 saturated carbocycles. The predicted molar refractivity (Wildman–Crippen MR) is 70.5 cm³/mol. The fourth-order valence-electron chi connectivity index (χ4n) is 1.59. The van der Waals surface area contributed by atoms with Crippen molar-refractivity contribution in [3.8, 4) is 0 Å². The third kappa shape index (κ3) is 2.88. The highest BCUT2D eigenvalue weighted by Crippen LogP contribution is 2.13. The molecule has 2 rings (SSSR count). The Morgan fingerprint density at radius 2 is 2.22 bits per heavy atom. The maximum absolute atomic E-state index is 12.0. The maximum Gasteiger partial charge on any atom is 0.251 e. The van der Waals surface area contributed by atoms with E-state index in [2.05, 4.69) is 15.5 Å². The molecular formula is C13H16N4O. The molecule has 0 bridgehead atoms. The monoisotopic (exact) mass is 244 g/mol. The fourth-order valence-corrected chi connectivity index (χ4v) is 1.59. The summed E-state index contributed by atoms with van der Waals surface area (Å²) in [6.07, 6.45) is 1.66. The summed E-state index contributed by atoms with van der Waals surface area (Å²) in [6.45, 7) is 0.449. The average Bonchev–Trinajstić information content (AvgIpc) is 2.89. The quantitative estimate of drug-likeness (QED) is 0.854. The van der Waals surface area contributed by atoms with E-state index in [4.69, 9.17) is 0 Å². The molecule has 5 nitrogen and oxygen atoms in total. The van der Waals surface area contributed by atoms with Crippen molar-refractivity contribution in [3.63, 3.8) is 0 Å². The van der Waals surface area contributed by atoms with Crippen LogP contribution in [-0.2, 0) is 6.54 Å². The minimum atomic E-state index is -0.0895. The highest BCUT2D eigenvalue weighted by atomic mass is 16.1. The minimum absolute atomic E-state index is 0.0895. The van der Waals surface area contributed by atoms with Gasteiger partial charge in [0.25, 0.3) is 5.91 Å². The van der Waals surface area contributed by atoms with Gasteiger partial charge >= 0.3 is 0 Å². The standard InChI is InChI=1S/C13H16N4O/c1-17(2)12-5-3-4-10(8-12)13(18)14-9-11-6-7-15-16-11/h3-8H,9H2,1-2H3,(H,14,18)(H,15,16). The van der Waals surface area contributed by atoms with Gasteiger partial charge in [-0.05, 0) is 24.3 Å². The van der Waals surface area contributed by atoms with E-state index in [1.165, 1.54) is 0 Å². The molecule has 0 saturated heterocycles. The molecule has 2 aromatic rings. The van der Waals surface area contributed by atoms with Crippen LogP contribution in [0, 0.1) is 0 Å². The van der Waals surface area contributed by atoms with Gasteiger partial charge in [0.2, 0.25) is 0 Å². The van der Waals surface area contributed by atoms with Crippen LogP contribution in [0.2, 0.25) is 0 Å². The maximum atomic E-state index is 12.0. The van der Waals surface area contributed by atoms with Crippen LogP contribution in [0.1, 0.15) is 16.1 Å². The van der Waals surface area contributed by atoms with E-state index in [9.17, 15) is 4.79 Å². The summed E-state index contributed by atoms with van der Waals surface area (Å²) in [7, 11) is 3.89. The summed E-state index contributed by atoms with van der Waals surface area (Å²) < 4.78 is 0. The minimum Gasteiger partial charge on any atom is -0.378 e. The third-order valence-corrected chi connectivity index (χ3v) is 2.62. The second-order valence-corrected chi connectivity index (χ2v) is 4.21. The molecule has 0 fully saturated rings. The van der Waals surface area contributed by atoms with Gasteiger partial charge in [0.05, 0.1) is 12.2 Å². The summed E-state index contributed by atoms with van der Waals surface area (Å²) in [5, 5.41) is 9.47. The predicted octanol–water partition coefficient (Wildman–Crippen LogP) is 1.41. The number of benzene rings is 1. The van der Waals surface area contributed by atoms with E-state index in [1.807, 2.05) is 43.3 Å². The zero-order valence-corrected chi connectivity index (χ0v) is 10.5. The number of hydrogen-bond donors (Lipinski definition) is 2. The number of carbonyl (C=O) groups is 1. The number of hydrogen-bond acceptors (Lipinski definition) is 3. The Morgan fingerprint density at radius 3 is 2.89 bits per heavy atom. The summed E-state index contributed by atoms with van der Waals surface area (Å²) in [4.78, 5) is 13.9. The molecule has 18 heavy (non-hydrogen) atoms. The topological polar surface area (TPSA) is 61.0 Å². The van der Waals surface area contributed by atoms with Gasteiger partial charge in [-0.1, -0.05) is 6.07 Å². The highest BCUT2D eigenvalue weighted by Gasteiger charge is 2.06. The summed E-state index contributed by atoms with van der Waals surface area (Å²) in [5.41, 5.74) is 2.54. The Kier molecular flexibility index (Phi) is 3.62. The van der Waals surface area contributed by atoms with E-state index >= 15 is 0 Å². The van der Waals surface area contributed by atoms with Crippen molar-refractivity contribution in [2.45, 2.75) is 6.54 Å². The van der Waals surface area contributed by atoms with Gasteiger partial charge < -0.3 is 10.2 Å². The molecule has 0 aliphatic rings. The van der Waals surface area contributed by atoms with Crippen LogP contribution in [-0.4, -0.2) is 30.2 Å². The van der Waals surface area contributed by atoms with Crippen molar-refractivity contribution < 1.29 is 4.79 Å². The molecule has 0 unspecified atom stereocenters. The molecule has 0 atom stereocenters. The van der Waals surface area contributed by atoms with E-state index < -0.39 is 0 Å². The zero-order chi connectivity index (χ0) is 13.0. The third-order valence-electron chi connectivity index (χ3n) is 2.62. The highest BCUT2D eigenvalue weighted by molar-refractivity contribution is 5.95. The number of nitrogens with one attached hydrogen (secondary N) is 2. The van der Waals surface area contributed by atoms with Gasteiger partial charge in [0, 0.05) is 31.5 Å². The van der Waals surface area contributed by atoms with Gasteiger partial charge in [0.1, 0.15) is 0 Å². The van der Waals surface area contributed by atoms with Gasteiger partial charge in [0.15, 0.2) is 0 Å². The number of rotatable bonds is 4. The first kappa shape index (κ1) is 12.2. The smallest absolute Gasteiger partial charge is 0.251 e. The van der Waals surface area contributed by atoms with Gasteiger partial charge in [-0.3, -0.25) is 9.89 Å². The number of aromatic amines is 1. The largest absolute Gasteiger partial charge is 0.378 e. The molecule has 1 aromatic carbocycles. The van der Waals surface area contributed by atoms with E-state index in [1.54, 1.807) is 12.3 Å². The Bertz CT molecular complexity index is 520. The number of nitrogens with zero attached hydrogens (tertiary/aromatic N) is 2. The van der Waals surface area contributed by atoms with Gasteiger partial charge in [-0.25, -0.2) is 0 Å². The van der Waals surface area contributed by atoms with Gasteiger partial charge in [-0.2, -0.15) is 5.10 Å². The molecule has 1 aromatic heterocycles. The van der Waals surface area contributed by atoms with Crippen LogP contribution < -0.4 is 10.2 Å². The first-order chi connectivity index (χ1) is 8.66. The molecule has 0 radical (unpaired) electrons. The molecule has 1 amide bonds. The van der Waals surface area contributed by atoms with Crippen LogP contribution in [0.5, 0.6) is 0 Å². The van der Waals surface area contributed by atoms with E-state index in [-0.39, 0.29) is 5.91 Å². The lowest BCUT2D eigenvalue weighted by atomic mass is 10.2. The number of anilines is 1. The second-order valence-electron chi connectivity index (χ2n) is 4.21. The zero-order valence-electron chi connectivity index (χ0n) is 10.5. The summed E-state index contributed by atoms with van der Waals surface area (Å²) in [5.74, 6) is -0.0895. The Balaban J connectivity index is 2.02. The van der Waals surface area contributed by atoms with Crippen molar-refractivity contribution in [2.24, 2.45) is 0 Å². The lowest BCUT2D eigenvalue weighted by Crippen LogP contribution is -2.23. The summed E-state index contributed by atoms with van der Waals surface area (Å²) >= 11 is 0. The molecule has 0 spiro atoms. The van der Waals surface area contributed by atoms with Crippen LogP contribution in [0.4, 0.5) is 5.69 Å². The molecule has 0 aliphatic carbocycles. The Hall–Kier alpha value is -2.30. The molecule has 1 heterocycles. The Morgan fingerprint density at radius 1 is 1.39 bits per heavy atom. The van der Waals surface area contributed by atoms with Crippen molar-refractivity contribution in [1.82, 2.24) is 15.5 Å². The van der Waals surface area contributed by atoms with Gasteiger partial charge in [-0.15, -0.1) is 0 Å². The average molecular weight is 244 g/mol. The normalized spacial score (nSPS) is 10.1. The number of amides is 1. The Labute approximate surface area is 106 Å². The molecular weight excluding hydrogens is 228 g/mol. The summed E-state index contributed by atoms with van der Waals surface area (Å²) in [6, 6.07) is 9.33. The second kappa shape index (κ2) is 5.35. The number of aromatic nitrogens is 2. The van der Waals surface area contributed by atoms with Crippen molar-refractivity contribution in [2.75, 3.05) is 19.0 Å². The van der Waals surface area contributed by atoms with Crippen LogP contribution in [0.3, 0.4) is 0 Å². The lowest BCUT2D eigenvalue weighted by molar-refractivity contribution is 0.0950. The molecule has 0 aliphatic heterocycles.